The number of benzene rings is 3. The van der Waals surface area contributed by atoms with Crippen molar-refractivity contribution in [2.24, 2.45) is 0 Å². The number of nitrogens with zero attached hydrogens (tertiary/aromatic N) is 5. The van der Waals surface area contributed by atoms with Crippen molar-refractivity contribution in [3.63, 3.8) is 0 Å². The van der Waals surface area contributed by atoms with Crippen LogP contribution in [0.25, 0.3) is 65.3 Å². The van der Waals surface area contributed by atoms with E-state index in [1.54, 1.807) is 11.3 Å². The number of imidazole rings is 2. The second-order valence-electron chi connectivity index (χ2n) is 8.65. The number of thiazole rings is 1. The fraction of sp³-hybridized carbons (Fsp3) is 0. The van der Waals surface area contributed by atoms with Crippen molar-refractivity contribution in [3.8, 4) is 22.5 Å². The van der Waals surface area contributed by atoms with Gasteiger partial charge in [0.05, 0.1) is 27.1 Å². The van der Waals surface area contributed by atoms with Crippen molar-refractivity contribution in [2.75, 3.05) is 0 Å². The Kier molecular flexibility index (Phi) is 3.75. The normalized spacial score (nSPS) is 12.0. The summed E-state index contributed by atoms with van der Waals surface area (Å²) in [6.07, 6.45) is 4.09. The van der Waals surface area contributed by atoms with Crippen molar-refractivity contribution in [1.29, 1.82) is 0 Å². The van der Waals surface area contributed by atoms with E-state index >= 15 is 0 Å². The lowest BCUT2D eigenvalue weighted by molar-refractivity contribution is 1.19. The van der Waals surface area contributed by atoms with Gasteiger partial charge in [-0.05, 0) is 36.4 Å². The molecule has 35 heavy (non-hydrogen) atoms. The maximum Gasteiger partial charge on any atom is 0.195 e. The van der Waals surface area contributed by atoms with E-state index in [2.05, 4.69) is 77.3 Å². The van der Waals surface area contributed by atoms with Gasteiger partial charge in [-0.2, -0.15) is 0 Å². The Morgan fingerprint density at radius 3 is 2.54 bits per heavy atom. The lowest BCUT2D eigenvalue weighted by Gasteiger charge is -2.08. The van der Waals surface area contributed by atoms with Crippen LogP contribution in [0.3, 0.4) is 0 Å². The molecule has 0 bridgehead atoms. The standard InChI is InChI=1S/C29H17N5S/c1-2-11-21-20(10-1)27-28(34-23-12-3-4-13-24(23)35-29(34)32-27)26(31-21)19-9-7-8-18(16-19)22-17-33-15-6-5-14-25(33)30-22/h1-17H. The van der Waals surface area contributed by atoms with Gasteiger partial charge in [0.2, 0.25) is 0 Å². The first-order valence-corrected chi connectivity index (χ1v) is 12.3. The summed E-state index contributed by atoms with van der Waals surface area (Å²) in [6.45, 7) is 0. The molecule has 0 atom stereocenters. The Hall–Kier alpha value is -4.55. The second-order valence-corrected chi connectivity index (χ2v) is 9.66. The van der Waals surface area contributed by atoms with E-state index in [9.17, 15) is 0 Å². The zero-order chi connectivity index (χ0) is 22.9. The molecule has 0 aliphatic heterocycles. The fourth-order valence-electron chi connectivity index (χ4n) is 4.97. The number of fused-ring (bicyclic) bond motifs is 8. The highest BCUT2D eigenvalue weighted by Gasteiger charge is 2.19. The third kappa shape index (κ3) is 2.71. The summed E-state index contributed by atoms with van der Waals surface area (Å²) in [7, 11) is 0. The molecule has 164 valence electrons. The number of hydrogen-bond acceptors (Lipinski definition) is 4. The van der Waals surface area contributed by atoms with E-state index in [-0.39, 0.29) is 0 Å². The molecule has 0 unspecified atom stereocenters. The van der Waals surface area contributed by atoms with Crippen molar-refractivity contribution >= 4 is 54.1 Å². The van der Waals surface area contributed by atoms with Crippen LogP contribution in [0.15, 0.2) is 103 Å². The van der Waals surface area contributed by atoms with Gasteiger partial charge < -0.3 is 4.40 Å². The summed E-state index contributed by atoms with van der Waals surface area (Å²) in [6, 6.07) is 31.3. The molecule has 6 heteroatoms. The van der Waals surface area contributed by atoms with Crippen molar-refractivity contribution in [1.82, 2.24) is 23.8 Å². The van der Waals surface area contributed by atoms with Gasteiger partial charge in [0.25, 0.3) is 0 Å². The lowest BCUT2D eigenvalue weighted by atomic mass is 10.0. The molecule has 0 saturated heterocycles. The molecule has 0 radical (unpaired) electrons. The fourth-order valence-corrected chi connectivity index (χ4v) is 6.00. The first-order chi connectivity index (χ1) is 17.3. The van der Waals surface area contributed by atoms with Gasteiger partial charge in [0.15, 0.2) is 4.96 Å². The molecule has 0 aliphatic rings. The van der Waals surface area contributed by atoms with Crippen LogP contribution in [0.5, 0.6) is 0 Å². The first kappa shape index (κ1) is 18.8. The summed E-state index contributed by atoms with van der Waals surface area (Å²) < 4.78 is 5.53. The molecule has 5 heterocycles. The minimum absolute atomic E-state index is 0.931. The van der Waals surface area contributed by atoms with Crippen LogP contribution in [0.2, 0.25) is 0 Å². The molecule has 0 amide bonds. The van der Waals surface area contributed by atoms with Crippen molar-refractivity contribution in [2.45, 2.75) is 0 Å². The van der Waals surface area contributed by atoms with Crippen LogP contribution in [0, 0.1) is 0 Å². The SMILES string of the molecule is c1cc(-c2cn3ccccc3n2)cc(-c2nc3ccccc3c3nc4sc5ccccc5n4c23)c1. The third-order valence-corrected chi connectivity index (χ3v) is 7.59. The summed E-state index contributed by atoms with van der Waals surface area (Å²) in [4.78, 5) is 16.1. The molecule has 8 rings (SSSR count). The van der Waals surface area contributed by atoms with Crippen LogP contribution in [0.1, 0.15) is 0 Å². The van der Waals surface area contributed by atoms with E-state index in [1.165, 1.54) is 4.70 Å². The van der Waals surface area contributed by atoms with Gasteiger partial charge in [-0.3, -0.25) is 4.40 Å². The minimum Gasteiger partial charge on any atom is -0.306 e. The third-order valence-electron chi connectivity index (χ3n) is 6.57. The van der Waals surface area contributed by atoms with Crippen molar-refractivity contribution in [3.05, 3.63) is 103 Å². The largest absolute Gasteiger partial charge is 0.306 e. The van der Waals surface area contributed by atoms with Crippen LogP contribution in [-0.2, 0) is 0 Å². The summed E-state index contributed by atoms with van der Waals surface area (Å²) >= 11 is 1.71. The number of para-hydroxylation sites is 2. The smallest absolute Gasteiger partial charge is 0.195 e. The van der Waals surface area contributed by atoms with Gasteiger partial charge in [-0.15, -0.1) is 0 Å². The Morgan fingerprint density at radius 1 is 0.714 bits per heavy atom. The Bertz CT molecular complexity index is 2040. The summed E-state index contributed by atoms with van der Waals surface area (Å²) in [5.41, 5.74) is 9.05. The van der Waals surface area contributed by atoms with E-state index < -0.39 is 0 Å². The van der Waals surface area contributed by atoms with E-state index in [0.717, 1.165) is 60.6 Å². The number of pyridine rings is 2. The summed E-state index contributed by atoms with van der Waals surface area (Å²) in [5, 5.41) is 1.07. The number of rotatable bonds is 2. The maximum atomic E-state index is 5.18. The van der Waals surface area contributed by atoms with E-state index in [0.29, 0.717) is 0 Å². The Labute approximate surface area is 203 Å². The van der Waals surface area contributed by atoms with Crippen LogP contribution in [-0.4, -0.2) is 23.8 Å². The molecular weight excluding hydrogens is 450 g/mol. The van der Waals surface area contributed by atoms with Crippen molar-refractivity contribution < 1.29 is 0 Å². The van der Waals surface area contributed by atoms with Gasteiger partial charge in [-0.25, -0.2) is 15.0 Å². The zero-order valence-electron chi connectivity index (χ0n) is 18.5. The molecule has 0 aliphatic carbocycles. The topological polar surface area (TPSA) is 47.5 Å². The minimum atomic E-state index is 0.931. The molecule has 0 spiro atoms. The Balaban J connectivity index is 1.46. The zero-order valence-corrected chi connectivity index (χ0v) is 19.3. The molecule has 5 nitrogen and oxygen atoms in total. The monoisotopic (exact) mass is 467 g/mol. The predicted molar refractivity (Wildman–Crippen MR) is 143 cm³/mol. The lowest BCUT2D eigenvalue weighted by Crippen LogP contribution is -1.92. The highest BCUT2D eigenvalue weighted by molar-refractivity contribution is 7.23. The van der Waals surface area contributed by atoms with Crippen LogP contribution in [0.4, 0.5) is 0 Å². The Morgan fingerprint density at radius 2 is 1.57 bits per heavy atom. The highest BCUT2D eigenvalue weighted by Crippen LogP contribution is 2.38. The van der Waals surface area contributed by atoms with Gasteiger partial charge in [-0.1, -0.05) is 65.9 Å². The van der Waals surface area contributed by atoms with Gasteiger partial charge >= 0.3 is 0 Å². The molecule has 8 aromatic rings. The molecule has 3 aromatic carbocycles. The van der Waals surface area contributed by atoms with Gasteiger partial charge in [0.1, 0.15) is 16.7 Å². The number of aromatic nitrogens is 5. The maximum absolute atomic E-state index is 5.18. The van der Waals surface area contributed by atoms with E-state index in [1.807, 2.05) is 34.9 Å². The average Bonchev–Trinajstić information content (AvgIpc) is 3.60. The molecule has 0 saturated carbocycles. The molecule has 0 N–H and O–H groups in total. The summed E-state index contributed by atoms with van der Waals surface area (Å²) in [5.74, 6) is 0. The quantitative estimate of drug-likeness (QED) is 0.269. The van der Waals surface area contributed by atoms with Crippen LogP contribution < -0.4 is 0 Å². The second kappa shape index (κ2) is 6.98. The predicted octanol–water partition coefficient (Wildman–Crippen LogP) is 7.23. The van der Waals surface area contributed by atoms with Gasteiger partial charge in [0, 0.05) is 28.9 Å². The van der Waals surface area contributed by atoms with E-state index in [4.69, 9.17) is 15.0 Å². The molecule has 0 fully saturated rings. The average molecular weight is 468 g/mol. The number of hydrogen-bond donors (Lipinski definition) is 0. The highest BCUT2D eigenvalue weighted by atomic mass is 32.1. The first-order valence-electron chi connectivity index (χ1n) is 11.5. The van der Waals surface area contributed by atoms with Crippen LogP contribution >= 0.6 is 11.3 Å². The molecular formula is C29H17N5S. The molecule has 5 aromatic heterocycles.